The van der Waals surface area contributed by atoms with E-state index in [1.54, 1.807) is 36.4 Å². The summed E-state index contributed by atoms with van der Waals surface area (Å²) in [5.41, 5.74) is 1.74. The van der Waals surface area contributed by atoms with Gasteiger partial charge in [0.1, 0.15) is 6.04 Å². The van der Waals surface area contributed by atoms with Gasteiger partial charge in [-0.1, -0.05) is 92.2 Å². The number of rotatable bonds is 11. The first-order valence-corrected chi connectivity index (χ1v) is 12.2. The molecule has 3 aromatic rings. The van der Waals surface area contributed by atoms with E-state index >= 15 is 0 Å². The summed E-state index contributed by atoms with van der Waals surface area (Å²) >= 11 is 6.42. The number of nitro groups is 1. The first-order chi connectivity index (χ1) is 17.3. The minimum atomic E-state index is -0.835. The second-order valence-electron chi connectivity index (χ2n) is 9.02. The average Bonchev–Trinajstić information content (AvgIpc) is 2.86. The molecule has 3 aromatic carbocycles. The standard InChI is InChI=1S/C28H30ClN3O4/c1-20(2)18-30-28(34)26(16-21-10-4-3-5-11-21)31(19-23-13-6-8-14-24(23)29)27(33)17-22-12-7-9-15-25(22)32(35)36/h3-15,20,26H,16-19H2,1-2H3,(H,30,34)/t26-/m0/s1. The lowest BCUT2D eigenvalue weighted by Gasteiger charge is -2.32. The minimum absolute atomic E-state index is 0.0890. The Morgan fingerprint density at radius 2 is 1.56 bits per heavy atom. The Morgan fingerprint density at radius 3 is 2.19 bits per heavy atom. The molecule has 2 amide bonds. The second kappa shape index (κ2) is 12.8. The molecule has 0 aliphatic rings. The maximum absolute atomic E-state index is 13.8. The van der Waals surface area contributed by atoms with Gasteiger partial charge in [-0.25, -0.2) is 0 Å². The van der Waals surface area contributed by atoms with Crippen molar-refractivity contribution in [3.05, 3.63) is 111 Å². The molecule has 8 heteroatoms. The smallest absolute Gasteiger partial charge is 0.273 e. The number of amides is 2. The van der Waals surface area contributed by atoms with Crippen molar-refractivity contribution < 1.29 is 14.5 Å². The molecule has 1 atom stereocenters. The summed E-state index contributed by atoms with van der Waals surface area (Å²) < 4.78 is 0. The summed E-state index contributed by atoms with van der Waals surface area (Å²) in [5, 5.41) is 15.0. The van der Waals surface area contributed by atoms with E-state index in [0.29, 0.717) is 17.1 Å². The molecule has 0 spiro atoms. The largest absolute Gasteiger partial charge is 0.354 e. The summed E-state index contributed by atoms with van der Waals surface area (Å²) in [7, 11) is 0. The number of nitrogens with zero attached hydrogens (tertiary/aromatic N) is 2. The first kappa shape index (κ1) is 26.9. The average molecular weight is 508 g/mol. The fourth-order valence-corrected chi connectivity index (χ4v) is 4.09. The van der Waals surface area contributed by atoms with Gasteiger partial charge in [0.15, 0.2) is 0 Å². The van der Waals surface area contributed by atoms with Crippen LogP contribution in [0.5, 0.6) is 0 Å². The van der Waals surface area contributed by atoms with Crippen LogP contribution >= 0.6 is 11.6 Å². The van der Waals surface area contributed by atoms with E-state index in [-0.39, 0.29) is 42.5 Å². The van der Waals surface area contributed by atoms with Gasteiger partial charge in [0, 0.05) is 36.2 Å². The third-order valence-corrected chi connectivity index (χ3v) is 6.15. The molecule has 0 aliphatic heterocycles. The van der Waals surface area contributed by atoms with E-state index in [2.05, 4.69) is 5.32 Å². The molecule has 0 radical (unpaired) electrons. The molecule has 0 unspecified atom stereocenters. The fourth-order valence-electron chi connectivity index (χ4n) is 3.89. The predicted octanol–water partition coefficient (Wildman–Crippen LogP) is 5.20. The summed E-state index contributed by atoms with van der Waals surface area (Å²) in [5.74, 6) is -0.452. The van der Waals surface area contributed by atoms with Crippen molar-refractivity contribution in [2.45, 2.75) is 39.3 Å². The molecular formula is C28H30ClN3O4. The fraction of sp³-hybridized carbons (Fsp3) is 0.286. The molecule has 0 fully saturated rings. The monoisotopic (exact) mass is 507 g/mol. The predicted molar refractivity (Wildman–Crippen MR) is 141 cm³/mol. The molecule has 3 rings (SSSR count). The van der Waals surface area contributed by atoms with Crippen LogP contribution in [0, 0.1) is 16.0 Å². The number of benzene rings is 3. The molecule has 0 saturated carbocycles. The van der Waals surface area contributed by atoms with E-state index in [1.807, 2.05) is 50.2 Å². The van der Waals surface area contributed by atoms with Crippen LogP contribution < -0.4 is 5.32 Å². The van der Waals surface area contributed by atoms with Gasteiger partial charge in [0.2, 0.25) is 11.8 Å². The van der Waals surface area contributed by atoms with Crippen molar-refractivity contribution in [1.82, 2.24) is 10.2 Å². The first-order valence-electron chi connectivity index (χ1n) is 11.8. The van der Waals surface area contributed by atoms with E-state index < -0.39 is 16.9 Å². The van der Waals surface area contributed by atoms with Crippen molar-refractivity contribution >= 4 is 29.1 Å². The number of halogens is 1. The van der Waals surface area contributed by atoms with Crippen LogP contribution in [0.2, 0.25) is 5.02 Å². The topological polar surface area (TPSA) is 92.6 Å². The normalized spacial score (nSPS) is 11.7. The van der Waals surface area contributed by atoms with Gasteiger partial charge >= 0.3 is 0 Å². The molecule has 0 aliphatic carbocycles. The van der Waals surface area contributed by atoms with Gasteiger partial charge in [0.05, 0.1) is 11.3 Å². The van der Waals surface area contributed by atoms with Crippen LogP contribution in [-0.2, 0) is 29.0 Å². The Balaban J connectivity index is 2.01. The Bertz CT molecular complexity index is 1200. The van der Waals surface area contributed by atoms with Crippen molar-refractivity contribution in [1.29, 1.82) is 0 Å². The zero-order valence-corrected chi connectivity index (χ0v) is 21.1. The zero-order chi connectivity index (χ0) is 26.1. The van der Waals surface area contributed by atoms with Crippen LogP contribution in [0.4, 0.5) is 5.69 Å². The third kappa shape index (κ3) is 7.39. The van der Waals surface area contributed by atoms with Crippen LogP contribution in [0.25, 0.3) is 0 Å². The van der Waals surface area contributed by atoms with Gasteiger partial charge in [-0.15, -0.1) is 0 Å². The summed E-state index contributed by atoms with van der Waals surface area (Å²) in [4.78, 5) is 39.7. The highest BCUT2D eigenvalue weighted by atomic mass is 35.5. The highest BCUT2D eigenvalue weighted by Gasteiger charge is 2.31. The molecule has 36 heavy (non-hydrogen) atoms. The van der Waals surface area contributed by atoms with Gasteiger partial charge < -0.3 is 10.2 Å². The molecular weight excluding hydrogens is 478 g/mol. The quantitative estimate of drug-likeness (QED) is 0.285. The molecule has 0 aromatic heterocycles. The van der Waals surface area contributed by atoms with Gasteiger partial charge in [-0.2, -0.15) is 0 Å². The number of carbonyl (C=O) groups is 2. The van der Waals surface area contributed by atoms with Crippen molar-refractivity contribution in [2.75, 3.05) is 6.54 Å². The van der Waals surface area contributed by atoms with Crippen LogP contribution in [0.3, 0.4) is 0 Å². The second-order valence-corrected chi connectivity index (χ2v) is 9.43. The summed E-state index contributed by atoms with van der Waals surface area (Å²) in [6, 6.07) is 21.9. The minimum Gasteiger partial charge on any atom is -0.354 e. The van der Waals surface area contributed by atoms with E-state index in [4.69, 9.17) is 11.6 Å². The van der Waals surface area contributed by atoms with Crippen molar-refractivity contribution in [3.63, 3.8) is 0 Å². The van der Waals surface area contributed by atoms with Crippen LogP contribution in [-0.4, -0.2) is 34.2 Å². The van der Waals surface area contributed by atoms with Crippen LogP contribution in [0.1, 0.15) is 30.5 Å². The maximum Gasteiger partial charge on any atom is 0.273 e. The summed E-state index contributed by atoms with van der Waals surface area (Å²) in [6.07, 6.45) is 0.0716. The third-order valence-electron chi connectivity index (χ3n) is 5.78. The lowest BCUT2D eigenvalue weighted by Crippen LogP contribution is -2.51. The highest BCUT2D eigenvalue weighted by Crippen LogP contribution is 2.23. The molecule has 0 saturated heterocycles. The SMILES string of the molecule is CC(C)CNC(=O)[C@H](Cc1ccccc1)N(Cc1ccccc1Cl)C(=O)Cc1ccccc1[N+](=O)[O-]. The Morgan fingerprint density at radius 1 is 0.944 bits per heavy atom. The van der Waals surface area contributed by atoms with Gasteiger partial charge in [0.25, 0.3) is 5.69 Å². The maximum atomic E-state index is 13.8. The Hall–Kier alpha value is -3.71. The Kier molecular flexibility index (Phi) is 9.59. The molecule has 188 valence electrons. The van der Waals surface area contributed by atoms with Crippen molar-refractivity contribution in [2.24, 2.45) is 5.92 Å². The number of hydrogen-bond donors (Lipinski definition) is 1. The molecule has 0 heterocycles. The lowest BCUT2D eigenvalue weighted by atomic mass is 10.0. The Labute approximate surface area is 216 Å². The van der Waals surface area contributed by atoms with Crippen LogP contribution in [0.15, 0.2) is 78.9 Å². The summed E-state index contributed by atoms with van der Waals surface area (Å²) in [6.45, 7) is 4.54. The molecule has 7 nitrogen and oxygen atoms in total. The van der Waals surface area contributed by atoms with E-state index in [9.17, 15) is 19.7 Å². The van der Waals surface area contributed by atoms with Gasteiger partial charge in [-0.05, 0) is 23.1 Å². The number of carbonyl (C=O) groups excluding carboxylic acids is 2. The molecule has 1 N–H and O–H groups in total. The lowest BCUT2D eigenvalue weighted by molar-refractivity contribution is -0.385. The zero-order valence-electron chi connectivity index (χ0n) is 20.4. The number of hydrogen-bond acceptors (Lipinski definition) is 4. The number of nitro benzene ring substituents is 1. The van der Waals surface area contributed by atoms with Gasteiger partial charge in [-0.3, -0.25) is 19.7 Å². The number of para-hydroxylation sites is 1. The highest BCUT2D eigenvalue weighted by molar-refractivity contribution is 6.31. The number of nitrogens with one attached hydrogen (secondary N) is 1. The van der Waals surface area contributed by atoms with E-state index in [1.165, 1.54) is 11.0 Å². The van der Waals surface area contributed by atoms with E-state index in [0.717, 1.165) is 5.56 Å². The molecule has 0 bridgehead atoms. The van der Waals surface area contributed by atoms with Crippen molar-refractivity contribution in [3.8, 4) is 0 Å².